The summed E-state index contributed by atoms with van der Waals surface area (Å²) in [5, 5.41) is 3.72. The van der Waals surface area contributed by atoms with Gasteiger partial charge in [0, 0.05) is 18.0 Å². The van der Waals surface area contributed by atoms with Crippen LogP contribution in [0.3, 0.4) is 0 Å². The van der Waals surface area contributed by atoms with E-state index in [0.29, 0.717) is 5.88 Å². The van der Waals surface area contributed by atoms with Gasteiger partial charge in [-0.3, -0.25) is 9.78 Å². The molecule has 3 nitrogen and oxygen atoms in total. The van der Waals surface area contributed by atoms with Gasteiger partial charge in [0.1, 0.15) is 0 Å². The second-order valence-electron chi connectivity index (χ2n) is 3.52. The predicted octanol–water partition coefficient (Wildman–Crippen LogP) is 2.93. The van der Waals surface area contributed by atoms with Crippen molar-refractivity contribution in [2.24, 2.45) is 0 Å². The lowest BCUT2D eigenvalue weighted by molar-refractivity contribution is -0.114. The Kier molecular flexibility index (Phi) is 3.06. The summed E-state index contributed by atoms with van der Waals surface area (Å²) in [6.07, 6.45) is 0. The first-order valence-corrected chi connectivity index (χ1v) is 5.46. The van der Waals surface area contributed by atoms with Crippen molar-refractivity contribution in [1.29, 1.82) is 0 Å². The van der Waals surface area contributed by atoms with Gasteiger partial charge in [0.25, 0.3) is 0 Å². The van der Waals surface area contributed by atoms with Crippen LogP contribution in [-0.4, -0.2) is 10.9 Å². The summed E-state index contributed by atoms with van der Waals surface area (Å²) in [5.41, 5.74) is 2.51. The maximum Gasteiger partial charge on any atom is 0.221 e. The Balaban J connectivity index is 2.43. The number of halogens is 1. The van der Waals surface area contributed by atoms with Crippen molar-refractivity contribution in [2.45, 2.75) is 12.8 Å². The van der Waals surface area contributed by atoms with Crippen LogP contribution in [0.25, 0.3) is 10.9 Å². The number of nitrogens with zero attached hydrogens (tertiary/aromatic N) is 1. The molecule has 1 N–H and O–H groups in total. The number of carbonyl (C=O) groups is 1. The number of carbonyl (C=O) groups excluding carboxylic acids is 1. The molecule has 0 aliphatic rings. The second-order valence-corrected chi connectivity index (χ2v) is 3.79. The number of anilines is 1. The van der Waals surface area contributed by atoms with E-state index < -0.39 is 0 Å². The van der Waals surface area contributed by atoms with E-state index in [9.17, 15) is 4.79 Å². The minimum Gasteiger partial charge on any atom is -0.326 e. The minimum absolute atomic E-state index is 0.0790. The highest BCUT2D eigenvalue weighted by Crippen LogP contribution is 2.18. The van der Waals surface area contributed by atoms with E-state index in [-0.39, 0.29) is 5.91 Å². The number of nitrogens with one attached hydrogen (secondary N) is 1. The number of rotatable bonds is 2. The summed E-state index contributed by atoms with van der Waals surface area (Å²) < 4.78 is 0. The molecular formula is C12H11ClN2O. The van der Waals surface area contributed by atoms with Gasteiger partial charge in [0.05, 0.1) is 17.1 Å². The van der Waals surface area contributed by atoms with Crippen molar-refractivity contribution in [2.75, 3.05) is 5.32 Å². The van der Waals surface area contributed by atoms with E-state index in [0.717, 1.165) is 22.3 Å². The lowest BCUT2D eigenvalue weighted by atomic mass is 10.2. The van der Waals surface area contributed by atoms with Gasteiger partial charge in [-0.15, -0.1) is 11.6 Å². The van der Waals surface area contributed by atoms with Gasteiger partial charge in [-0.05, 0) is 24.3 Å². The highest BCUT2D eigenvalue weighted by Gasteiger charge is 2.00. The molecular weight excluding hydrogens is 224 g/mol. The number of hydrogen-bond acceptors (Lipinski definition) is 2. The van der Waals surface area contributed by atoms with Gasteiger partial charge < -0.3 is 5.32 Å². The molecule has 2 rings (SSSR count). The predicted molar refractivity (Wildman–Crippen MR) is 65.6 cm³/mol. The SMILES string of the molecule is CC(=O)Nc1ccc2nc(CCl)ccc2c1. The van der Waals surface area contributed by atoms with Crippen molar-refractivity contribution in [1.82, 2.24) is 4.98 Å². The number of pyridine rings is 1. The normalized spacial score (nSPS) is 10.4. The highest BCUT2D eigenvalue weighted by atomic mass is 35.5. The Labute approximate surface area is 98.4 Å². The van der Waals surface area contributed by atoms with Gasteiger partial charge >= 0.3 is 0 Å². The van der Waals surface area contributed by atoms with Crippen molar-refractivity contribution in [3.8, 4) is 0 Å². The average Bonchev–Trinajstić information content (AvgIpc) is 2.27. The lowest BCUT2D eigenvalue weighted by Gasteiger charge is -2.04. The largest absolute Gasteiger partial charge is 0.326 e. The highest BCUT2D eigenvalue weighted by molar-refractivity contribution is 6.17. The van der Waals surface area contributed by atoms with Crippen molar-refractivity contribution < 1.29 is 4.79 Å². The Bertz CT molecular complexity index is 540. The monoisotopic (exact) mass is 234 g/mol. The van der Waals surface area contributed by atoms with Gasteiger partial charge in [0.15, 0.2) is 0 Å². The summed E-state index contributed by atoms with van der Waals surface area (Å²) in [6, 6.07) is 9.42. The van der Waals surface area contributed by atoms with E-state index in [1.165, 1.54) is 6.92 Å². The van der Waals surface area contributed by atoms with Crippen LogP contribution in [0.5, 0.6) is 0 Å². The fraction of sp³-hybridized carbons (Fsp3) is 0.167. The van der Waals surface area contributed by atoms with E-state index >= 15 is 0 Å². The van der Waals surface area contributed by atoms with Crippen molar-refractivity contribution in [3.05, 3.63) is 36.0 Å². The summed E-state index contributed by atoms with van der Waals surface area (Å²) in [6.45, 7) is 1.49. The van der Waals surface area contributed by atoms with Crippen LogP contribution in [0.1, 0.15) is 12.6 Å². The lowest BCUT2D eigenvalue weighted by Crippen LogP contribution is -2.05. The zero-order valence-electron chi connectivity index (χ0n) is 8.83. The molecule has 0 atom stereocenters. The zero-order valence-corrected chi connectivity index (χ0v) is 9.58. The summed E-state index contributed by atoms with van der Waals surface area (Å²) in [4.78, 5) is 15.3. The molecule has 1 aromatic heterocycles. The standard InChI is InChI=1S/C12H11ClN2O/c1-8(16)14-10-4-5-12-9(6-10)2-3-11(7-13)15-12/h2-6H,7H2,1H3,(H,14,16). The Morgan fingerprint density at radius 3 is 2.88 bits per heavy atom. The maximum absolute atomic E-state index is 10.9. The number of alkyl halides is 1. The first kappa shape index (κ1) is 10.9. The molecule has 0 saturated heterocycles. The Morgan fingerprint density at radius 1 is 1.38 bits per heavy atom. The van der Waals surface area contributed by atoms with E-state index in [2.05, 4.69) is 10.3 Å². The van der Waals surface area contributed by atoms with Crippen molar-refractivity contribution in [3.63, 3.8) is 0 Å². The fourth-order valence-corrected chi connectivity index (χ4v) is 1.67. The number of benzene rings is 1. The average molecular weight is 235 g/mol. The smallest absolute Gasteiger partial charge is 0.221 e. The van der Waals surface area contributed by atoms with Crippen LogP contribution in [0.4, 0.5) is 5.69 Å². The third-order valence-corrected chi connectivity index (χ3v) is 2.48. The fourth-order valence-electron chi connectivity index (χ4n) is 1.52. The van der Waals surface area contributed by atoms with Crippen molar-refractivity contribution >= 4 is 34.1 Å². The third-order valence-electron chi connectivity index (χ3n) is 2.20. The molecule has 0 aliphatic carbocycles. The van der Waals surface area contributed by atoms with Gasteiger partial charge in [-0.1, -0.05) is 6.07 Å². The van der Waals surface area contributed by atoms with Crippen LogP contribution in [-0.2, 0) is 10.7 Å². The molecule has 0 bridgehead atoms. The molecule has 1 heterocycles. The molecule has 1 amide bonds. The third kappa shape index (κ3) is 2.31. The van der Waals surface area contributed by atoms with Crippen LogP contribution >= 0.6 is 11.6 Å². The van der Waals surface area contributed by atoms with Gasteiger partial charge in [-0.25, -0.2) is 0 Å². The quantitative estimate of drug-likeness (QED) is 0.812. The molecule has 4 heteroatoms. The zero-order chi connectivity index (χ0) is 11.5. The van der Waals surface area contributed by atoms with Gasteiger partial charge in [-0.2, -0.15) is 0 Å². The van der Waals surface area contributed by atoms with Crippen LogP contribution in [0.15, 0.2) is 30.3 Å². The molecule has 16 heavy (non-hydrogen) atoms. The van der Waals surface area contributed by atoms with Crippen LogP contribution < -0.4 is 5.32 Å². The molecule has 0 saturated carbocycles. The number of amides is 1. The molecule has 0 spiro atoms. The van der Waals surface area contributed by atoms with E-state index in [1.807, 2.05) is 30.3 Å². The summed E-state index contributed by atoms with van der Waals surface area (Å²) >= 11 is 5.71. The van der Waals surface area contributed by atoms with E-state index in [1.54, 1.807) is 0 Å². The molecule has 1 aromatic carbocycles. The summed E-state index contributed by atoms with van der Waals surface area (Å²) in [5.74, 6) is 0.327. The molecule has 82 valence electrons. The number of fused-ring (bicyclic) bond motifs is 1. The molecule has 0 fully saturated rings. The second kappa shape index (κ2) is 4.49. The first-order valence-electron chi connectivity index (χ1n) is 4.92. The number of hydrogen-bond donors (Lipinski definition) is 1. The summed E-state index contributed by atoms with van der Waals surface area (Å²) in [7, 11) is 0. The topological polar surface area (TPSA) is 42.0 Å². The molecule has 0 unspecified atom stereocenters. The Morgan fingerprint density at radius 2 is 2.19 bits per heavy atom. The first-order chi connectivity index (χ1) is 7.69. The van der Waals surface area contributed by atoms with Crippen LogP contribution in [0, 0.1) is 0 Å². The van der Waals surface area contributed by atoms with Gasteiger partial charge in [0.2, 0.25) is 5.91 Å². The molecule has 0 aliphatic heterocycles. The van der Waals surface area contributed by atoms with Crippen LogP contribution in [0.2, 0.25) is 0 Å². The number of aromatic nitrogens is 1. The minimum atomic E-state index is -0.0790. The van der Waals surface area contributed by atoms with E-state index in [4.69, 9.17) is 11.6 Å². The molecule has 0 radical (unpaired) electrons. The maximum atomic E-state index is 10.9. The Hall–Kier alpha value is -1.61. The molecule has 2 aromatic rings.